The number of carboxylic acids is 1. The molecule has 1 N–H and O–H groups in total. The van der Waals surface area contributed by atoms with E-state index in [9.17, 15) is 4.79 Å². The number of pyridine rings is 1. The van der Waals surface area contributed by atoms with Crippen molar-refractivity contribution in [2.45, 2.75) is 25.7 Å². The van der Waals surface area contributed by atoms with Crippen LogP contribution >= 0.6 is 11.6 Å². The first-order valence-corrected chi connectivity index (χ1v) is 6.49. The molecule has 1 aliphatic carbocycles. The molecule has 0 amide bonds. The number of carbonyl (C=O) groups is 1. The molecule has 0 aromatic carbocycles. The van der Waals surface area contributed by atoms with Crippen LogP contribution in [0.2, 0.25) is 5.02 Å². The van der Waals surface area contributed by atoms with Crippen molar-refractivity contribution in [1.29, 1.82) is 0 Å². The molecule has 2 heterocycles. The second-order valence-electron chi connectivity index (χ2n) is 4.54. The van der Waals surface area contributed by atoms with Gasteiger partial charge in [0.05, 0.1) is 16.3 Å². The fourth-order valence-corrected chi connectivity index (χ4v) is 2.57. The van der Waals surface area contributed by atoms with Gasteiger partial charge in [0, 0.05) is 11.9 Å². The minimum Gasteiger partial charge on any atom is -0.478 e. The molecule has 19 heavy (non-hydrogen) atoms. The van der Waals surface area contributed by atoms with Crippen LogP contribution < -0.4 is 0 Å². The molecule has 0 fully saturated rings. The maximum absolute atomic E-state index is 11.1. The van der Waals surface area contributed by atoms with Crippen LogP contribution in [0.1, 0.15) is 34.6 Å². The Labute approximate surface area is 114 Å². The zero-order valence-electron chi connectivity index (χ0n) is 10.1. The lowest BCUT2D eigenvalue weighted by atomic mass is 10.0. The highest BCUT2D eigenvalue weighted by molar-refractivity contribution is 6.33. The number of hydrogen-bond acceptors (Lipinski definition) is 3. The summed E-state index contributed by atoms with van der Waals surface area (Å²) in [4.78, 5) is 19.7. The Morgan fingerprint density at radius 2 is 2.11 bits per heavy atom. The highest BCUT2D eigenvalue weighted by Gasteiger charge is 2.18. The van der Waals surface area contributed by atoms with Gasteiger partial charge in [-0.25, -0.2) is 14.8 Å². The molecule has 98 valence electrons. The Morgan fingerprint density at radius 1 is 1.32 bits per heavy atom. The van der Waals surface area contributed by atoms with Crippen molar-refractivity contribution in [2.24, 2.45) is 0 Å². The Balaban J connectivity index is 2.10. The van der Waals surface area contributed by atoms with Gasteiger partial charge in [-0.1, -0.05) is 11.6 Å². The zero-order valence-corrected chi connectivity index (χ0v) is 10.9. The maximum Gasteiger partial charge on any atom is 0.337 e. The van der Waals surface area contributed by atoms with E-state index in [1.165, 1.54) is 12.3 Å². The number of aromatic nitrogens is 3. The van der Waals surface area contributed by atoms with Gasteiger partial charge in [0.2, 0.25) is 0 Å². The Morgan fingerprint density at radius 3 is 2.89 bits per heavy atom. The summed E-state index contributed by atoms with van der Waals surface area (Å²) in [5.74, 6) is -0.500. The predicted octanol–water partition coefficient (Wildman–Crippen LogP) is 2.50. The summed E-state index contributed by atoms with van der Waals surface area (Å²) in [6, 6.07) is 1.49. The molecule has 3 rings (SSSR count). The van der Waals surface area contributed by atoms with Gasteiger partial charge in [-0.2, -0.15) is 0 Å². The van der Waals surface area contributed by atoms with Crippen LogP contribution in [-0.2, 0) is 12.8 Å². The van der Waals surface area contributed by atoms with E-state index in [0.29, 0.717) is 5.82 Å². The molecule has 0 saturated carbocycles. The summed E-state index contributed by atoms with van der Waals surface area (Å²) in [6.45, 7) is 0. The molecule has 2 aromatic heterocycles. The maximum atomic E-state index is 11.1. The number of rotatable bonds is 2. The monoisotopic (exact) mass is 277 g/mol. The van der Waals surface area contributed by atoms with Crippen molar-refractivity contribution in [3.63, 3.8) is 0 Å². The molecule has 0 saturated heterocycles. The number of aromatic carboxylic acids is 1. The Hall–Kier alpha value is -1.88. The Kier molecular flexibility index (Phi) is 2.98. The normalized spacial score (nSPS) is 14.2. The number of halogens is 1. The molecule has 0 atom stereocenters. The standard InChI is InChI=1S/C13H12ClN3O2/c14-9-6-15-12(5-8(9)13(18)19)17-7-16-10-3-1-2-4-11(10)17/h5-7H,1-4H2,(H,18,19). The van der Waals surface area contributed by atoms with Crippen molar-refractivity contribution >= 4 is 17.6 Å². The van der Waals surface area contributed by atoms with E-state index in [-0.39, 0.29) is 10.6 Å². The molecule has 0 spiro atoms. The van der Waals surface area contributed by atoms with Gasteiger partial charge in [0.25, 0.3) is 0 Å². The number of carboxylic acid groups (broad SMARTS) is 1. The molecule has 0 bridgehead atoms. The highest BCUT2D eigenvalue weighted by Crippen LogP contribution is 2.24. The van der Waals surface area contributed by atoms with Gasteiger partial charge in [-0.3, -0.25) is 4.57 Å². The first-order chi connectivity index (χ1) is 9.16. The molecular formula is C13H12ClN3O2. The molecular weight excluding hydrogens is 266 g/mol. The average Bonchev–Trinajstić information content (AvgIpc) is 2.83. The topological polar surface area (TPSA) is 68.0 Å². The molecule has 0 radical (unpaired) electrons. The van der Waals surface area contributed by atoms with Crippen molar-refractivity contribution in [3.8, 4) is 5.82 Å². The van der Waals surface area contributed by atoms with Crippen LogP contribution in [0.3, 0.4) is 0 Å². The molecule has 6 heteroatoms. The minimum atomic E-state index is -1.05. The lowest BCUT2D eigenvalue weighted by Gasteiger charge is -2.13. The number of hydrogen-bond donors (Lipinski definition) is 1. The van der Waals surface area contributed by atoms with Crippen molar-refractivity contribution < 1.29 is 9.90 Å². The van der Waals surface area contributed by atoms with E-state index in [2.05, 4.69) is 9.97 Å². The van der Waals surface area contributed by atoms with Crippen LogP contribution in [0.5, 0.6) is 0 Å². The number of aryl methyl sites for hydroxylation is 1. The van der Waals surface area contributed by atoms with Crippen LogP contribution in [0.4, 0.5) is 0 Å². The third-order valence-electron chi connectivity index (χ3n) is 3.35. The van der Waals surface area contributed by atoms with E-state index in [0.717, 1.165) is 37.1 Å². The van der Waals surface area contributed by atoms with E-state index in [1.807, 2.05) is 4.57 Å². The first kappa shape index (κ1) is 12.2. The van der Waals surface area contributed by atoms with Crippen molar-refractivity contribution in [2.75, 3.05) is 0 Å². The van der Waals surface area contributed by atoms with Crippen LogP contribution in [0, 0.1) is 0 Å². The highest BCUT2D eigenvalue weighted by atomic mass is 35.5. The first-order valence-electron chi connectivity index (χ1n) is 6.11. The largest absolute Gasteiger partial charge is 0.478 e. The zero-order chi connectivity index (χ0) is 13.4. The molecule has 1 aliphatic rings. The van der Waals surface area contributed by atoms with Gasteiger partial charge in [0.1, 0.15) is 12.1 Å². The molecule has 0 unspecified atom stereocenters. The molecule has 2 aromatic rings. The van der Waals surface area contributed by atoms with E-state index in [4.69, 9.17) is 16.7 Å². The van der Waals surface area contributed by atoms with Gasteiger partial charge >= 0.3 is 5.97 Å². The fraction of sp³-hybridized carbons (Fsp3) is 0.308. The quantitative estimate of drug-likeness (QED) is 0.916. The van der Waals surface area contributed by atoms with Gasteiger partial charge in [-0.15, -0.1) is 0 Å². The average molecular weight is 278 g/mol. The summed E-state index contributed by atoms with van der Waals surface area (Å²) < 4.78 is 1.86. The number of imidazole rings is 1. The number of fused-ring (bicyclic) bond motifs is 1. The second-order valence-corrected chi connectivity index (χ2v) is 4.95. The third kappa shape index (κ3) is 2.10. The summed E-state index contributed by atoms with van der Waals surface area (Å²) in [5, 5.41) is 9.23. The summed E-state index contributed by atoms with van der Waals surface area (Å²) in [5.41, 5.74) is 2.27. The van der Waals surface area contributed by atoms with Gasteiger partial charge < -0.3 is 5.11 Å². The molecule has 5 nitrogen and oxygen atoms in total. The lowest BCUT2D eigenvalue weighted by molar-refractivity contribution is 0.0697. The Bertz CT molecular complexity index is 651. The lowest BCUT2D eigenvalue weighted by Crippen LogP contribution is -2.09. The van der Waals surface area contributed by atoms with Crippen LogP contribution in [0.25, 0.3) is 5.82 Å². The fourth-order valence-electron chi connectivity index (χ4n) is 2.39. The van der Waals surface area contributed by atoms with Crippen LogP contribution in [0.15, 0.2) is 18.6 Å². The number of nitrogens with zero attached hydrogens (tertiary/aromatic N) is 3. The van der Waals surface area contributed by atoms with E-state index < -0.39 is 5.97 Å². The van der Waals surface area contributed by atoms with Crippen molar-refractivity contribution in [3.05, 3.63) is 40.6 Å². The van der Waals surface area contributed by atoms with E-state index in [1.54, 1.807) is 6.33 Å². The SMILES string of the molecule is O=C(O)c1cc(-n2cnc3c2CCCC3)ncc1Cl. The van der Waals surface area contributed by atoms with Gasteiger partial charge in [0.15, 0.2) is 0 Å². The van der Waals surface area contributed by atoms with E-state index >= 15 is 0 Å². The predicted molar refractivity (Wildman–Crippen MR) is 70.0 cm³/mol. The molecule has 0 aliphatic heterocycles. The minimum absolute atomic E-state index is 0.0601. The smallest absolute Gasteiger partial charge is 0.337 e. The van der Waals surface area contributed by atoms with Crippen molar-refractivity contribution in [1.82, 2.24) is 14.5 Å². The van der Waals surface area contributed by atoms with Crippen LogP contribution in [-0.4, -0.2) is 25.6 Å². The summed E-state index contributed by atoms with van der Waals surface area (Å²) in [7, 11) is 0. The second kappa shape index (κ2) is 4.66. The van der Waals surface area contributed by atoms with Gasteiger partial charge in [-0.05, 0) is 31.7 Å². The summed E-state index contributed by atoms with van der Waals surface area (Å²) >= 11 is 5.83. The third-order valence-corrected chi connectivity index (χ3v) is 3.65. The summed E-state index contributed by atoms with van der Waals surface area (Å²) in [6.07, 6.45) is 7.27.